The molecule has 0 aromatic rings. The molecule has 72 valence electrons. The molecule has 0 aromatic carbocycles. The van der Waals surface area contributed by atoms with Gasteiger partial charge >= 0.3 is 0 Å². The molecule has 0 radical (unpaired) electrons. The first-order valence-corrected chi connectivity index (χ1v) is 4.48. The van der Waals surface area contributed by atoms with E-state index in [-0.39, 0.29) is 5.91 Å². The average Bonchev–Trinajstić information content (AvgIpc) is 2.83. The van der Waals surface area contributed by atoms with Gasteiger partial charge in [-0.3, -0.25) is 4.79 Å². The van der Waals surface area contributed by atoms with Crippen molar-refractivity contribution < 1.29 is 9.90 Å². The number of aliphatic hydroxyl groups excluding tert-OH is 1. The lowest BCUT2D eigenvalue weighted by Gasteiger charge is -2.08. The highest BCUT2D eigenvalue weighted by Crippen LogP contribution is 2.44. The van der Waals surface area contributed by atoms with Crippen LogP contribution in [0, 0.1) is 16.7 Å². The number of carbonyl (C=O) groups excluding carboxylic acids is 1. The first-order chi connectivity index (χ1) is 6.10. The SMILES string of the molecule is CC(O)CCNC(=O)C1(C#N)CC1. The van der Waals surface area contributed by atoms with Gasteiger partial charge in [0.15, 0.2) is 0 Å². The van der Waals surface area contributed by atoms with Crippen LogP contribution in [0.2, 0.25) is 0 Å². The van der Waals surface area contributed by atoms with Crippen molar-refractivity contribution in [2.24, 2.45) is 5.41 Å². The minimum Gasteiger partial charge on any atom is -0.393 e. The monoisotopic (exact) mass is 182 g/mol. The number of amides is 1. The Morgan fingerprint density at radius 3 is 2.77 bits per heavy atom. The standard InChI is InChI=1S/C9H14N2O2/c1-7(12)2-5-11-8(13)9(6-10)3-4-9/h7,12H,2-5H2,1H3,(H,11,13). The summed E-state index contributed by atoms with van der Waals surface area (Å²) in [6, 6.07) is 2.02. The van der Waals surface area contributed by atoms with E-state index >= 15 is 0 Å². The van der Waals surface area contributed by atoms with Gasteiger partial charge in [0.1, 0.15) is 5.41 Å². The Morgan fingerprint density at radius 2 is 2.38 bits per heavy atom. The van der Waals surface area contributed by atoms with Crippen molar-refractivity contribution in [3.8, 4) is 6.07 Å². The van der Waals surface area contributed by atoms with Crippen LogP contribution in [-0.4, -0.2) is 23.7 Å². The summed E-state index contributed by atoms with van der Waals surface area (Å²) in [5, 5.41) is 20.2. The third kappa shape index (κ3) is 2.43. The number of hydrogen-bond acceptors (Lipinski definition) is 3. The molecule has 1 aliphatic carbocycles. The maximum atomic E-state index is 11.3. The third-order valence-corrected chi connectivity index (χ3v) is 2.25. The lowest BCUT2D eigenvalue weighted by atomic mass is 10.1. The number of aliphatic hydroxyl groups is 1. The second-order valence-corrected chi connectivity index (χ2v) is 3.59. The van der Waals surface area contributed by atoms with E-state index in [0.717, 1.165) is 0 Å². The summed E-state index contributed by atoms with van der Waals surface area (Å²) < 4.78 is 0. The molecule has 1 fully saturated rings. The van der Waals surface area contributed by atoms with E-state index in [0.29, 0.717) is 25.8 Å². The molecule has 0 aliphatic heterocycles. The Labute approximate surface area is 77.6 Å². The zero-order chi connectivity index (χ0) is 9.90. The van der Waals surface area contributed by atoms with Gasteiger partial charge < -0.3 is 10.4 Å². The van der Waals surface area contributed by atoms with Crippen LogP contribution in [0.25, 0.3) is 0 Å². The Hall–Kier alpha value is -1.08. The molecule has 0 heterocycles. The molecule has 2 N–H and O–H groups in total. The Bertz CT molecular complexity index is 238. The largest absolute Gasteiger partial charge is 0.393 e. The Kier molecular flexibility index (Phi) is 2.89. The quantitative estimate of drug-likeness (QED) is 0.651. The first kappa shape index (κ1) is 10.0. The van der Waals surface area contributed by atoms with E-state index in [9.17, 15) is 4.79 Å². The van der Waals surface area contributed by atoms with Crippen LogP contribution in [0.3, 0.4) is 0 Å². The summed E-state index contributed by atoms with van der Waals surface area (Å²) in [5.74, 6) is -0.185. The topological polar surface area (TPSA) is 73.1 Å². The molecule has 1 unspecified atom stereocenters. The van der Waals surface area contributed by atoms with E-state index in [1.165, 1.54) is 0 Å². The van der Waals surface area contributed by atoms with Crippen molar-refractivity contribution in [1.82, 2.24) is 5.32 Å². The van der Waals surface area contributed by atoms with Crippen LogP contribution in [0.4, 0.5) is 0 Å². The van der Waals surface area contributed by atoms with Crippen LogP contribution >= 0.6 is 0 Å². The van der Waals surface area contributed by atoms with Crippen LogP contribution in [0.5, 0.6) is 0 Å². The highest BCUT2D eigenvalue weighted by atomic mass is 16.3. The fraction of sp³-hybridized carbons (Fsp3) is 0.778. The molecule has 1 aliphatic rings. The molecule has 4 heteroatoms. The molecule has 1 rings (SSSR count). The highest BCUT2D eigenvalue weighted by molar-refractivity contribution is 5.88. The van der Waals surface area contributed by atoms with Gasteiger partial charge in [0.2, 0.25) is 5.91 Å². The van der Waals surface area contributed by atoms with Gasteiger partial charge in [-0.2, -0.15) is 5.26 Å². The fourth-order valence-electron chi connectivity index (χ4n) is 1.08. The minimum atomic E-state index is -0.737. The average molecular weight is 182 g/mol. The molecule has 4 nitrogen and oxygen atoms in total. The first-order valence-electron chi connectivity index (χ1n) is 4.48. The van der Waals surface area contributed by atoms with Gasteiger partial charge in [-0.1, -0.05) is 0 Å². The van der Waals surface area contributed by atoms with Gasteiger partial charge in [-0.15, -0.1) is 0 Å². The molecule has 0 bridgehead atoms. The second kappa shape index (κ2) is 3.75. The number of hydrogen-bond donors (Lipinski definition) is 2. The maximum Gasteiger partial charge on any atom is 0.240 e. The molecular formula is C9H14N2O2. The minimum absolute atomic E-state index is 0.185. The lowest BCUT2D eigenvalue weighted by Crippen LogP contribution is -2.33. The van der Waals surface area contributed by atoms with Crippen LogP contribution in [-0.2, 0) is 4.79 Å². The summed E-state index contributed by atoms with van der Waals surface area (Å²) in [7, 11) is 0. The Balaban J connectivity index is 2.23. The van der Waals surface area contributed by atoms with Crippen molar-refractivity contribution in [2.75, 3.05) is 6.54 Å². The van der Waals surface area contributed by atoms with Gasteiger partial charge in [0.05, 0.1) is 12.2 Å². The summed E-state index contributed by atoms with van der Waals surface area (Å²) in [5.41, 5.74) is -0.737. The lowest BCUT2D eigenvalue weighted by molar-refractivity contribution is -0.124. The molecule has 1 amide bonds. The smallest absolute Gasteiger partial charge is 0.240 e. The van der Waals surface area contributed by atoms with Gasteiger partial charge in [-0.25, -0.2) is 0 Å². The number of carbonyl (C=O) groups is 1. The van der Waals surface area contributed by atoms with Gasteiger partial charge in [0.25, 0.3) is 0 Å². The molecule has 0 saturated heterocycles. The summed E-state index contributed by atoms with van der Waals surface area (Å²) in [6.45, 7) is 2.11. The molecular weight excluding hydrogens is 168 g/mol. The molecule has 0 aromatic heterocycles. The zero-order valence-electron chi connectivity index (χ0n) is 7.71. The van der Waals surface area contributed by atoms with Crippen LogP contribution < -0.4 is 5.32 Å². The fourth-order valence-corrected chi connectivity index (χ4v) is 1.08. The van der Waals surface area contributed by atoms with Crippen molar-refractivity contribution in [2.45, 2.75) is 32.3 Å². The zero-order valence-corrected chi connectivity index (χ0v) is 7.71. The van der Waals surface area contributed by atoms with Crippen molar-refractivity contribution >= 4 is 5.91 Å². The van der Waals surface area contributed by atoms with Crippen molar-refractivity contribution in [3.05, 3.63) is 0 Å². The summed E-state index contributed by atoms with van der Waals surface area (Å²) >= 11 is 0. The number of nitriles is 1. The van der Waals surface area contributed by atoms with Crippen LogP contribution in [0.1, 0.15) is 26.2 Å². The van der Waals surface area contributed by atoms with Gasteiger partial charge in [0, 0.05) is 6.54 Å². The van der Waals surface area contributed by atoms with E-state index in [2.05, 4.69) is 5.32 Å². The predicted octanol–water partition coefficient (Wildman–Crippen LogP) is 0.177. The predicted molar refractivity (Wildman–Crippen MR) is 46.6 cm³/mol. The van der Waals surface area contributed by atoms with Crippen molar-refractivity contribution in [1.29, 1.82) is 5.26 Å². The summed E-state index contributed by atoms with van der Waals surface area (Å²) in [4.78, 5) is 11.3. The second-order valence-electron chi connectivity index (χ2n) is 3.59. The third-order valence-electron chi connectivity index (χ3n) is 2.25. The maximum absolute atomic E-state index is 11.3. The van der Waals surface area contributed by atoms with Gasteiger partial charge in [-0.05, 0) is 26.2 Å². The van der Waals surface area contributed by atoms with E-state index in [1.807, 2.05) is 6.07 Å². The highest BCUT2D eigenvalue weighted by Gasteiger charge is 2.50. The number of nitrogens with one attached hydrogen (secondary N) is 1. The molecule has 1 saturated carbocycles. The summed E-state index contributed by atoms with van der Waals surface area (Å²) in [6.07, 6.45) is 1.47. The van der Waals surface area contributed by atoms with Crippen molar-refractivity contribution in [3.63, 3.8) is 0 Å². The number of rotatable bonds is 4. The molecule has 0 spiro atoms. The van der Waals surface area contributed by atoms with E-state index in [4.69, 9.17) is 10.4 Å². The normalized spacial score (nSPS) is 20.1. The van der Waals surface area contributed by atoms with Crippen LogP contribution in [0.15, 0.2) is 0 Å². The molecule has 13 heavy (non-hydrogen) atoms. The molecule has 1 atom stereocenters. The number of nitrogens with zero attached hydrogens (tertiary/aromatic N) is 1. The van der Waals surface area contributed by atoms with E-state index in [1.54, 1.807) is 6.92 Å². The Morgan fingerprint density at radius 1 is 1.77 bits per heavy atom. The van der Waals surface area contributed by atoms with E-state index < -0.39 is 11.5 Å².